The third kappa shape index (κ3) is 13.3. The van der Waals surface area contributed by atoms with Crippen LogP contribution in [0.1, 0.15) is 26.3 Å². The van der Waals surface area contributed by atoms with Crippen molar-refractivity contribution in [3.05, 3.63) is 41.8 Å². The molecule has 0 spiro atoms. The topological polar surface area (TPSA) is 37.3 Å². The van der Waals surface area contributed by atoms with Gasteiger partial charge in [-0.2, -0.15) is 20.8 Å². The SMILES string of the molecule is C[C-](C)C.O=C(O)Cc1ccccc1.[Li+]. The minimum absolute atomic E-state index is 0. The molecule has 0 radical (unpaired) electrons. The minimum Gasteiger partial charge on any atom is -0.481 e. The average molecular weight is 200 g/mol. The number of carbonyl (C=O) groups is 1. The van der Waals surface area contributed by atoms with Crippen molar-refractivity contribution in [1.29, 1.82) is 0 Å². The Morgan fingerprint density at radius 3 is 1.93 bits per heavy atom. The summed E-state index contributed by atoms with van der Waals surface area (Å²) in [5.41, 5.74) is 0.843. The molecule has 0 fully saturated rings. The quantitative estimate of drug-likeness (QED) is 0.536. The van der Waals surface area contributed by atoms with Gasteiger partial charge in [0.25, 0.3) is 0 Å². The van der Waals surface area contributed by atoms with Crippen molar-refractivity contribution in [1.82, 2.24) is 0 Å². The van der Waals surface area contributed by atoms with E-state index in [1.54, 1.807) is 12.1 Å². The summed E-state index contributed by atoms with van der Waals surface area (Å²) < 4.78 is 0. The zero-order chi connectivity index (χ0) is 11.0. The molecule has 0 aliphatic carbocycles. The van der Waals surface area contributed by atoms with E-state index in [0.29, 0.717) is 0 Å². The molecule has 0 saturated carbocycles. The zero-order valence-corrected chi connectivity index (χ0v) is 9.95. The van der Waals surface area contributed by atoms with Gasteiger partial charge in [-0.05, 0) is 5.56 Å². The van der Waals surface area contributed by atoms with E-state index >= 15 is 0 Å². The Bertz CT molecular complexity index is 255. The second kappa shape index (κ2) is 9.83. The van der Waals surface area contributed by atoms with Crippen molar-refractivity contribution >= 4 is 5.97 Å². The van der Waals surface area contributed by atoms with Gasteiger partial charge in [0.15, 0.2) is 0 Å². The predicted molar refractivity (Wildman–Crippen MR) is 58.0 cm³/mol. The third-order valence-electron chi connectivity index (χ3n) is 1.20. The first-order valence-corrected chi connectivity index (χ1v) is 4.55. The van der Waals surface area contributed by atoms with Gasteiger partial charge in [0.2, 0.25) is 0 Å². The second-order valence-electron chi connectivity index (χ2n) is 3.56. The molecule has 1 aromatic carbocycles. The fraction of sp³-hybridized carbons (Fsp3) is 0.333. The number of hydrogen-bond acceptors (Lipinski definition) is 1. The molecule has 0 unspecified atom stereocenters. The summed E-state index contributed by atoms with van der Waals surface area (Å²) in [5, 5.41) is 8.37. The molecule has 0 heterocycles. The standard InChI is InChI=1S/C8H8O2.C4H9.Li/c9-8(10)6-7-4-2-1-3-5-7;1-4(2)3;/h1-5H,6H2,(H,9,10);1-3H3;/q;-1;+1. The molecular formula is C12H17LiO2. The predicted octanol–water partition coefficient (Wildman–Crippen LogP) is -0.0617. The Labute approximate surface area is 104 Å². The van der Waals surface area contributed by atoms with Gasteiger partial charge in [-0.15, -0.1) is 0 Å². The average Bonchev–Trinajstić information content (AvgIpc) is 2.03. The summed E-state index contributed by atoms with van der Waals surface area (Å²) in [7, 11) is 0. The van der Waals surface area contributed by atoms with Gasteiger partial charge in [0.05, 0.1) is 6.42 Å². The van der Waals surface area contributed by atoms with Crippen molar-refractivity contribution in [2.24, 2.45) is 0 Å². The largest absolute Gasteiger partial charge is 1.00 e. The van der Waals surface area contributed by atoms with Gasteiger partial charge in [-0.3, -0.25) is 4.79 Å². The summed E-state index contributed by atoms with van der Waals surface area (Å²) >= 11 is 0. The van der Waals surface area contributed by atoms with Crippen LogP contribution in [0.25, 0.3) is 0 Å². The molecule has 0 aromatic heterocycles. The van der Waals surface area contributed by atoms with Crippen LogP contribution >= 0.6 is 0 Å². The van der Waals surface area contributed by atoms with Gasteiger partial charge < -0.3 is 11.0 Å². The molecule has 2 nitrogen and oxygen atoms in total. The van der Waals surface area contributed by atoms with E-state index in [1.807, 2.05) is 18.2 Å². The number of hydrogen-bond donors (Lipinski definition) is 1. The van der Waals surface area contributed by atoms with E-state index in [2.05, 4.69) is 20.8 Å². The van der Waals surface area contributed by atoms with Crippen LogP contribution in [0, 0.1) is 5.92 Å². The summed E-state index contributed by atoms with van der Waals surface area (Å²) in [6, 6.07) is 9.13. The molecule has 0 amide bonds. The van der Waals surface area contributed by atoms with E-state index in [9.17, 15) is 4.79 Å². The second-order valence-corrected chi connectivity index (χ2v) is 3.56. The summed E-state index contributed by atoms with van der Waals surface area (Å²) in [5.74, 6) is 0.631. The zero-order valence-electron chi connectivity index (χ0n) is 9.95. The van der Waals surface area contributed by atoms with Crippen LogP contribution in [-0.4, -0.2) is 11.1 Å². The van der Waals surface area contributed by atoms with Crippen molar-refractivity contribution in [3.8, 4) is 0 Å². The van der Waals surface area contributed by atoms with Crippen LogP contribution in [-0.2, 0) is 11.2 Å². The molecule has 1 aromatic rings. The van der Waals surface area contributed by atoms with E-state index in [-0.39, 0.29) is 25.3 Å². The molecule has 0 saturated heterocycles. The Hall–Kier alpha value is -0.713. The van der Waals surface area contributed by atoms with Gasteiger partial charge in [-0.25, -0.2) is 0 Å². The summed E-state index contributed by atoms with van der Waals surface area (Å²) in [4.78, 5) is 10.2. The van der Waals surface area contributed by atoms with Gasteiger partial charge in [0, 0.05) is 0 Å². The molecule has 0 aliphatic heterocycles. The van der Waals surface area contributed by atoms with Crippen LogP contribution in [0.2, 0.25) is 0 Å². The minimum atomic E-state index is -0.786. The molecule has 0 atom stereocenters. The Morgan fingerprint density at radius 1 is 1.20 bits per heavy atom. The van der Waals surface area contributed by atoms with E-state index in [4.69, 9.17) is 5.11 Å². The Kier molecular flexibility index (Phi) is 10.9. The fourth-order valence-corrected chi connectivity index (χ4v) is 0.770. The molecule has 0 aliphatic rings. The monoisotopic (exact) mass is 200 g/mol. The van der Waals surface area contributed by atoms with E-state index in [1.165, 1.54) is 5.92 Å². The van der Waals surface area contributed by atoms with Crippen molar-refractivity contribution < 1.29 is 28.8 Å². The van der Waals surface area contributed by atoms with Gasteiger partial charge >= 0.3 is 24.8 Å². The maximum atomic E-state index is 10.2. The summed E-state index contributed by atoms with van der Waals surface area (Å²) in [6.45, 7) is 6.25. The summed E-state index contributed by atoms with van der Waals surface area (Å²) in [6.07, 6.45) is 0.112. The Balaban J connectivity index is 0. The normalized spacial score (nSPS) is 8.53. The maximum Gasteiger partial charge on any atom is 1.00 e. The van der Waals surface area contributed by atoms with Crippen LogP contribution in [0.15, 0.2) is 30.3 Å². The van der Waals surface area contributed by atoms with Gasteiger partial charge in [-0.1, -0.05) is 30.3 Å². The first kappa shape index (κ1) is 16.7. The molecule has 78 valence electrons. The number of benzene rings is 1. The fourth-order valence-electron chi connectivity index (χ4n) is 0.770. The molecule has 3 heteroatoms. The smallest absolute Gasteiger partial charge is 0.481 e. The van der Waals surface area contributed by atoms with Crippen molar-refractivity contribution in [2.75, 3.05) is 0 Å². The molecule has 1 N–H and O–H groups in total. The molecule has 0 bridgehead atoms. The number of aliphatic carboxylic acids is 1. The van der Waals surface area contributed by atoms with Crippen LogP contribution < -0.4 is 18.9 Å². The number of carboxylic acids is 1. The van der Waals surface area contributed by atoms with E-state index < -0.39 is 5.97 Å². The molecular weight excluding hydrogens is 183 g/mol. The van der Waals surface area contributed by atoms with Crippen molar-refractivity contribution in [2.45, 2.75) is 27.2 Å². The van der Waals surface area contributed by atoms with Crippen LogP contribution in [0.4, 0.5) is 0 Å². The maximum absolute atomic E-state index is 10.2. The first-order valence-electron chi connectivity index (χ1n) is 4.55. The van der Waals surface area contributed by atoms with Crippen molar-refractivity contribution in [3.63, 3.8) is 0 Å². The van der Waals surface area contributed by atoms with E-state index in [0.717, 1.165) is 5.56 Å². The first-order chi connectivity index (χ1) is 6.52. The number of rotatable bonds is 2. The molecule has 15 heavy (non-hydrogen) atoms. The number of carboxylic acid groups (broad SMARTS) is 1. The van der Waals surface area contributed by atoms with Gasteiger partial charge in [0.1, 0.15) is 0 Å². The van der Waals surface area contributed by atoms with Crippen LogP contribution in [0.3, 0.4) is 0 Å². The van der Waals surface area contributed by atoms with Crippen LogP contribution in [0.5, 0.6) is 0 Å². The third-order valence-corrected chi connectivity index (χ3v) is 1.20. The molecule has 1 rings (SSSR count). The Morgan fingerprint density at radius 2 is 1.60 bits per heavy atom.